The Kier molecular flexibility index (Phi) is 3.87. The maximum absolute atomic E-state index is 12.3. The van der Waals surface area contributed by atoms with Gasteiger partial charge in [-0.05, 0) is 17.7 Å². The molecule has 0 aliphatic rings. The summed E-state index contributed by atoms with van der Waals surface area (Å²) in [6.45, 7) is 0. The maximum atomic E-state index is 12.3. The van der Waals surface area contributed by atoms with Gasteiger partial charge in [-0.2, -0.15) is 5.10 Å². The van der Waals surface area contributed by atoms with Crippen LogP contribution in [0.15, 0.2) is 60.7 Å². The van der Waals surface area contributed by atoms with Crippen molar-refractivity contribution in [2.75, 3.05) is 12.4 Å². The first-order valence-corrected chi connectivity index (χ1v) is 6.83. The number of carbonyl (C=O) groups is 1. The van der Waals surface area contributed by atoms with E-state index in [9.17, 15) is 4.79 Å². The van der Waals surface area contributed by atoms with Crippen molar-refractivity contribution in [3.63, 3.8) is 0 Å². The molecule has 1 heterocycles. The Hall–Kier alpha value is -3.08. The number of hydrogen-bond acceptors (Lipinski definition) is 3. The summed E-state index contributed by atoms with van der Waals surface area (Å²) in [7, 11) is 1.54. The van der Waals surface area contributed by atoms with Crippen LogP contribution in [0.25, 0.3) is 11.3 Å². The Balaban J connectivity index is 1.79. The van der Waals surface area contributed by atoms with Crippen molar-refractivity contribution in [3.05, 3.63) is 66.2 Å². The maximum Gasteiger partial charge on any atom is 0.260 e. The SMILES string of the molecule is COc1ccccc1C(=O)Nc1cc(-c2ccccc2)[nH]n1. The largest absolute Gasteiger partial charge is 0.496 e. The molecule has 0 fully saturated rings. The lowest BCUT2D eigenvalue weighted by Crippen LogP contribution is -2.13. The van der Waals surface area contributed by atoms with E-state index >= 15 is 0 Å². The molecule has 22 heavy (non-hydrogen) atoms. The molecule has 1 amide bonds. The number of aromatic amines is 1. The second kappa shape index (κ2) is 6.13. The number of hydrogen-bond donors (Lipinski definition) is 2. The predicted molar refractivity (Wildman–Crippen MR) is 85.0 cm³/mol. The van der Waals surface area contributed by atoms with Gasteiger partial charge in [-0.3, -0.25) is 9.89 Å². The molecule has 5 heteroatoms. The van der Waals surface area contributed by atoms with Crippen molar-refractivity contribution in [2.24, 2.45) is 0 Å². The highest BCUT2D eigenvalue weighted by molar-refractivity contribution is 6.05. The van der Waals surface area contributed by atoms with Gasteiger partial charge in [0.25, 0.3) is 5.91 Å². The van der Waals surface area contributed by atoms with E-state index in [1.165, 1.54) is 7.11 Å². The van der Waals surface area contributed by atoms with Gasteiger partial charge in [0, 0.05) is 6.07 Å². The number of amides is 1. The molecule has 0 radical (unpaired) electrons. The first kappa shape index (κ1) is 13.9. The lowest BCUT2D eigenvalue weighted by atomic mass is 10.1. The molecule has 3 aromatic rings. The summed E-state index contributed by atoms with van der Waals surface area (Å²) < 4.78 is 5.19. The van der Waals surface area contributed by atoms with Gasteiger partial charge in [0.2, 0.25) is 0 Å². The minimum atomic E-state index is -0.261. The van der Waals surface area contributed by atoms with Crippen LogP contribution in [0.2, 0.25) is 0 Å². The molecule has 2 N–H and O–H groups in total. The number of para-hydroxylation sites is 1. The summed E-state index contributed by atoms with van der Waals surface area (Å²) >= 11 is 0. The second-order valence-corrected chi connectivity index (χ2v) is 4.69. The molecule has 5 nitrogen and oxygen atoms in total. The van der Waals surface area contributed by atoms with Crippen LogP contribution in [-0.4, -0.2) is 23.2 Å². The number of H-pyrrole nitrogens is 1. The molecule has 0 unspecified atom stereocenters. The number of methoxy groups -OCH3 is 1. The lowest BCUT2D eigenvalue weighted by molar-refractivity contribution is 0.102. The molecule has 0 spiro atoms. The highest BCUT2D eigenvalue weighted by atomic mass is 16.5. The molecule has 0 aliphatic carbocycles. The first-order chi connectivity index (χ1) is 10.8. The van der Waals surface area contributed by atoms with Crippen LogP contribution in [0.1, 0.15) is 10.4 Å². The lowest BCUT2D eigenvalue weighted by Gasteiger charge is -2.07. The fourth-order valence-electron chi connectivity index (χ4n) is 2.17. The molecule has 110 valence electrons. The molecular formula is C17H15N3O2. The summed E-state index contributed by atoms with van der Waals surface area (Å²) in [5, 5.41) is 9.79. The van der Waals surface area contributed by atoms with E-state index in [1.807, 2.05) is 36.4 Å². The Morgan fingerprint density at radius 2 is 1.82 bits per heavy atom. The summed E-state index contributed by atoms with van der Waals surface area (Å²) in [5.74, 6) is 0.733. The van der Waals surface area contributed by atoms with Gasteiger partial charge in [-0.1, -0.05) is 42.5 Å². The fraction of sp³-hybridized carbons (Fsp3) is 0.0588. The van der Waals surface area contributed by atoms with Gasteiger partial charge in [0.1, 0.15) is 5.75 Å². The van der Waals surface area contributed by atoms with E-state index in [0.29, 0.717) is 17.1 Å². The van der Waals surface area contributed by atoms with E-state index in [0.717, 1.165) is 11.3 Å². The third-order valence-corrected chi connectivity index (χ3v) is 3.26. The highest BCUT2D eigenvalue weighted by Gasteiger charge is 2.13. The summed E-state index contributed by atoms with van der Waals surface area (Å²) in [5.41, 5.74) is 2.32. The Labute approximate surface area is 127 Å². The van der Waals surface area contributed by atoms with Gasteiger partial charge in [0.05, 0.1) is 18.4 Å². The zero-order chi connectivity index (χ0) is 15.4. The quantitative estimate of drug-likeness (QED) is 0.775. The molecule has 0 bridgehead atoms. The number of ether oxygens (including phenoxy) is 1. The van der Waals surface area contributed by atoms with E-state index in [-0.39, 0.29) is 5.91 Å². The van der Waals surface area contributed by atoms with Crippen LogP contribution in [-0.2, 0) is 0 Å². The van der Waals surface area contributed by atoms with Crippen LogP contribution in [0.5, 0.6) is 5.75 Å². The number of aromatic nitrogens is 2. The number of benzene rings is 2. The zero-order valence-electron chi connectivity index (χ0n) is 12.0. The van der Waals surface area contributed by atoms with Gasteiger partial charge < -0.3 is 10.1 Å². The average molecular weight is 293 g/mol. The molecule has 1 aromatic heterocycles. The van der Waals surface area contributed by atoms with Crippen molar-refractivity contribution in [3.8, 4) is 17.0 Å². The fourth-order valence-corrected chi connectivity index (χ4v) is 2.17. The predicted octanol–water partition coefficient (Wildman–Crippen LogP) is 3.34. The van der Waals surface area contributed by atoms with Crippen molar-refractivity contribution in [1.29, 1.82) is 0 Å². The van der Waals surface area contributed by atoms with Gasteiger partial charge in [-0.15, -0.1) is 0 Å². The molecule has 3 rings (SSSR count). The van der Waals surface area contributed by atoms with E-state index in [1.54, 1.807) is 24.3 Å². The molecule has 0 atom stereocenters. The van der Waals surface area contributed by atoms with Gasteiger partial charge in [-0.25, -0.2) is 0 Å². The van der Waals surface area contributed by atoms with Crippen LogP contribution in [0.3, 0.4) is 0 Å². The third kappa shape index (κ3) is 2.83. The van der Waals surface area contributed by atoms with Crippen LogP contribution < -0.4 is 10.1 Å². The number of nitrogens with zero attached hydrogens (tertiary/aromatic N) is 1. The van der Waals surface area contributed by atoms with E-state index in [2.05, 4.69) is 15.5 Å². The Morgan fingerprint density at radius 3 is 2.59 bits per heavy atom. The molecule has 0 saturated carbocycles. The smallest absolute Gasteiger partial charge is 0.260 e. The molecule has 0 aliphatic heterocycles. The Morgan fingerprint density at radius 1 is 1.09 bits per heavy atom. The summed E-state index contributed by atoms with van der Waals surface area (Å²) in [6.07, 6.45) is 0. The minimum Gasteiger partial charge on any atom is -0.496 e. The highest BCUT2D eigenvalue weighted by Crippen LogP contribution is 2.21. The van der Waals surface area contributed by atoms with Crippen LogP contribution in [0.4, 0.5) is 5.82 Å². The first-order valence-electron chi connectivity index (χ1n) is 6.83. The third-order valence-electron chi connectivity index (χ3n) is 3.26. The standard InChI is InChI=1S/C17H15N3O2/c1-22-15-10-6-5-9-13(15)17(21)18-16-11-14(19-20-16)12-7-3-2-4-8-12/h2-11H,1H3,(H2,18,19,20,21). The van der Waals surface area contributed by atoms with Crippen LogP contribution in [0, 0.1) is 0 Å². The van der Waals surface area contributed by atoms with Gasteiger partial charge in [0.15, 0.2) is 5.82 Å². The van der Waals surface area contributed by atoms with Crippen molar-refractivity contribution in [2.45, 2.75) is 0 Å². The number of rotatable bonds is 4. The van der Waals surface area contributed by atoms with Crippen molar-refractivity contribution >= 4 is 11.7 Å². The number of nitrogens with one attached hydrogen (secondary N) is 2. The summed E-state index contributed by atoms with van der Waals surface area (Å²) in [4.78, 5) is 12.3. The van der Waals surface area contributed by atoms with Crippen LogP contribution >= 0.6 is 0 Å². The molecule has 2 aromatic carbocycles. The number of anilines is 1. The van der Waals surface area contributed by atoms with Crippen molar-refractivity contribution < 1.29 is 9.53 Å². The van der Waals surface area contributed by atoms with Crippen molar-refractivity contribution in [1.82, 2.24) is 10.2 Å². The normalized spacial score (nSPS) is 10.2. The monoisotopic (exact) mass is 293 g/mol. The average Bonchev–Trinajstić information content (AvgIpc) is 3.04. The minimum absolute atomic E-state index is 0.261. The molecular weight excluding hydrogens is 278 g/mol. The molecule has 0 saturated heterocycles. The number of carbonyl (C=O) groups excluding carboxylic acids is 1. The van der Waals surface area contributed by atoms with E-state index < -0.39 is 0 Å². The van der Waals surface area contributed by atoms with E-state index in [4.69, 9.17) is 4.74 Å². The summed E-state index contributed by atoms with van der Waals surface area (Å²) in [6, 6.07) is 18.6. The van der Waals surface area contributed by atoms with Gasteiger partial charge >= 0.3 is 0 Å². The topological polar surface area (TPSA) is 67.0 Å². The zero-order valence-corrected chi connectivity index (χ0v) is 12.0. The second-order valence-electron chi connectivity index (χ2n) is 4.69. The Bertz CT molecular complexity index is 781.